The summed E-state index contributed by atoms with van der Waals surface area (Å²) in [6.45, 7) is 4.77. The highest BCUT2D eigenvalue weighted by atomic mass is 35.5. The normalized spacial score (nSPS) is 11.7. The fourth-order valence-electron chi connectivity index (χ4n) is 3.20. The van der Waals surface area contributed by atoms with Crippen molar-refractivity contribution < 1.29 is 22.7 Å². The topological polar surface area (TPSA) is 57.0 Å². The number of rotatable bonds is 5. The van der Waals surface area contributed by atoms with Crippen LogP contribution in [0, 0.1) is 0 Å². The van der Waals surface area contributed by atoms with Gasteiger partial charge in [0.25, 0.3) is 0 Å². The second-order valence-corrected chi connectivity index (χ2v) is 7.70. The summed E-state index contributed by atoms with van der Waals surface area (Å²) in [7, 11) is 1.57. The van der Waals surface area contributed by atoms with Crippen LogP contribution >= 0.6 is 24.0 Å². The van der Waals surface area contributed by atoms with Crippen molar-refractivity contribution in [3.63, 3.8) is 0 Å². The van der Waals surface area contributed by atoms with Gasteiger partial charge >= 0.3 is 6.18 Å². The molecular weight excluding hydrogens is 454 g/mol. The van der Waals surface area contributed by atoms with Crippen molar-refractivity contribution in [1.82, 2.24) is 14.8 Å². The van der Waals surface area contributed by atoms with Gasteiger partial charge in [-0.1, -0.05) is 29.8 Å². The molecular formula is C21H20Cl2F3N3O2. The first-order valence-corrected chi connectivity index (χ1v) is 9.35. The quantitative estimate of drug-likeness (QED) is 0.420. The van der Waals surface area contributed by atoms with E-state index in [4.69, 9.17) is 16.3 Å². The third-order valence-corrected chi connectivity index (χ3v) is 4.81. The first-order valence-electron chi connectivity index (χ1n) is 8.98. The molecule has 0 aliphatic rings. The standard InChI is InChI=1S/C21H19ClF3N3O2.ClH/c1-12(29)15-11-13(22)9-10-17(15)30-20(2,3)19-27-26-18(28(19)4)14-7-5-6-8-16(14)21(23,24)25;/h5-11H,1-4H3;1H. The van der Waals surface area contributed by atoms with E-state index in [-0.39, 0.29) is 35.3 Å². The summed E-state index contributed by atoms with van der Waals surface area (Å²) in [5.41, 5.74) is -1.70. The zero-order valence-corrected chi connectivity index (χ0v) is 18.7. The van der Waals surface area contributed by atoms with Crippen molar-refractivity contribution in [2.75, 3.05) is 0 Å². The number of hydrogen-bond acceptors (Lipinski definition) is 4. The van der Waals surface area contributed by atoms with E-state index in [1.54, 1.807) is 33.0 Å². The second kappa shape index (κ2) is 8.88. The van der Waals surface area contributed by atoms with Gasteiger partial charge in [-0.3, -0.25) is 4.79 Å². The molecule has 2 aromatic carbocycles. The molecule has 5 nitrogen and oxygen atoms in total. The zero-order valence-electron chi connectivity index (χ0n) is 17.1. The number of aromatic nitrogens is 3. The Hall–Kier alpha value is -2.58. The van der Waals surface area contributed by atoms with Gasteiger partial charge in [-0.15, -0.1) is 22.6 Å². The number of carbonyl (C=O) groups is 1. The number of benzene rings is 2. The van der Waals surface area contributed by atoms with Gasteiger partial charge in [0.15, 0.2) is 23.0 Å². The molecule has 1 aromatic heterocycles. The third-order valence-electron chi connectivity index (χ3n) is 4.57. The molecule has 0 atom stereocenters. The Labute approximate surface area is 188 Å². The van der Waals surface area contributed by atoms with E-state index >= 15 is 0 Å². The number of carbonyl (C=O) groups excluding carboxylic acids is 1. The summed E-state index contributed by atoms with van der Waals surface area (Å²) in [5.74, 6) is 0.398. The molecule has 1 heterocycles. The van der Waals surface area contributed by atoms with Gasteiger partial charge in [-0.05, 0) is 45.0 Å². The maximum Gasteiger partial charge on any atom is 0.417 e. The van der Waals surface area contributed by atoms with Crippen LogP contribution in [0.4, 0.5) is 13.2 Å². The molecule has 10 heteroatoms. The number of ether oxygens (including phenoxy) is 1. The molecule has 0 fully saturated rings. The lowest BCUT2D eigenvalue weighted by Gasteiger charge is -2.26. The zero-order chi connectivity index (χ0) is 22.3. The highest BCUT2D eigenvalue weighted by molar-refractivity contribution is 6.31. The second-order valence-electron chi connectivity index (χ2n) is 7.26. The number of hydrogen-bond donors (Lipinski definition) is 0. The number of alkyl halides is 3. The van der Waals surface area contributed by atoms with E-state index in [0.29, 0.717) is 16.4 Å². The van der Waals surface area contributed by atoms with Crippen LogP contribution in [0.15, 0.2) is 42.5 Å². The van der Waals surface area contributed by atoms with Gasteiger partial charge in [0.05, 0.1) is 11.1 Å². The molecule has 0 radical (unpaired) electrons. The highest BCUT2D eigenvalue weighted by Crippen LogP contribution is 2.37. The predicted molar refractivity (Wildman–Crippen MR) is 114 cm³/mol. The molecule has 0 N–H and O–H groups in total. The molecule has 0 amide bonds. The van der Waals surface area contributed by atoms with Crippen molar-refractivity contribution in [2.45, 2.75) is 32.5 Å². The molecule has 166 valence electrons. The van der Waals surface area contributed by atoms with Crippen LogP contribution < -0.4 is 4.74 Å². The molecule has 0 saturated heterocycles. The summed E-state index contributed by atoms with van der Waals surface area (Å²) >= 11 is 5.97. The predicted octanol–water partition coefficient (Wildman–Crippen LogP) is 6.09. The molecule has 0 unspecified atom stereocenters. The van der Waals surface area contributed by atoms with Gasteiger partial charge in [0.1, 0.15) is 5.75 Å². The highest BCUT2D eigenvalue weighted by Gasteiger charge is 2.36. The van der Waals surface area contributed by atoms with E-state index < -0.39 is 17.3 Å². The van der Waals surface area contributed by atoms with Crippen LogP contribution in [0.2, 0.25) is 5.02 Å². The number of nitrogens with zero attached hydrogens (tertiary/aromatic N) is 3. The van der Waals surface area contributed by atoms with Crippen LogP contribution in [0.1, 0.15) is 42.5 Å². The fraction of sp³-hybridized carbons (Fsp3) is 0.286. The lowest BCUT2D eigenvalue weighted by molar-refractivity contribution is -0.137. The van der Waals surface area contributed by atoms with E-state index in [9.17, 15) is 18.0 Å². The summed E-state index contributed by atoms with van der Waals surface area (Å²) < 4.78 is 47.8. The van der Waals surface area contributed by atoms with Crippen LogP contribution in [0.5, 0.6) is 5.75 Å². The molecule has 3 rings (SSSR count). The Kier molecular flexibility index (Phi) is 7.07. The molecule has 0 aliphatic heterocycles. The van der Waals surface area contributed by atoms with E-state index in [2.05, 4.69) is 10.2 Å². The maximum atomic E-state index is 13.4. The summed E-state index contributed by atoms with van der Waals surface area (Å²) in [5, 5.41) is 8.45. The molecule has 0 saturated carbocycles. The third kappa shape index (κ3) is 5.02. The maximum absolute atomic E-state index is 13.4. The SMILES string of the molecule is CC(=O)c1cc(Cl)ccc1OC(C)(C)c1nnc(-c2ccccc2C(F)(F)F)n1C.Cl. The minimum Gasteiger partial charge on any atom is -0.479 e. The largest absolute Gasteiger partial charge is 0.479 e. The Balaban J connectivity index is 0.00000341. The van der Waals surface area contributed by atoms with E-state index in [1.807, 2.05) is 0 Å². The molecule has 0 spiro atoms. The van der Waals surface area contributed by atoms with Gasteiger partial charge in [0.2, 0.25) is 0 Å². The Morgan fingerprint density at radius 1 is 1.10 bits per heavy atom. The summed E-state index contributed by atoms with van der Waals surface area (Å²) in [6, 6.07) is 9.82. The minimum atomic E-state index is -4.53. The van der Waals surface area contributed by atoms with Crippen molar-refractivity contribution in [2.24, 2.45) is 7.05 Å². The van der Waals surface area contributed by atoms with Crippen LogP contribution in [-0.2, 0) is 18.8 Å². The Bertz CT molecular complexity index is 1110. The lowest BCUT2D eigenvalue weighted by Crippen LogP contribution is -2.30. The lowest BCUT2D eigenvalue weighted by atomic mass is 10.1. The molecule has 31 heavy (non-hydrogen) atoms. The van der Waals surface area contributed by atoms with Crippen LogP contribution in [0.3, 0.4) is 0 Å². The van der Waals surface area contributed by atoms with Gasteiger partial charge in [0, 0.05) is 17.6 Å². The Morgan fingerprint density at radius 3 is 2.35 bits per heavy atom. The average molecular weight is 474 g/mol. The first-order chi connectivity index (χ1) is 13.9. The monoisotopic (exact) mass is 473 g/mol. The van der Waals surface area contributed by atoms with Crippen molar-refractivity contribution in [3.8, 4) is 17.1 Å². The smallest absolute Gasteiger partial charge is 0.417 e. The molecule has 0 bridgehead atoms. The van der Waals surface area contributed by atoms with Gasteiger partial charge in [-0.2, -0.15) is 13.2 Å². The first kappa shape index (κ1) is 24.7. The van der Waals surface area contributed by atoms with Crippen molar-refractivity contribution >= 4 is 29.8 Å². The van der Waals surface area contributed by atoms with Crippen molar-refractivity contribution in [3.05, 3.63) is 64.4 Å². The summed E-state index contributed by atoms with van der Waals surface area (Å²) in [4.78, 5) is 11.9. The van der Waals surface area contributed by atoms with E-state index in [0.717, 1.165) is 6.07 Å². The molecule has 3 aromatic rings. The van der Waals surface area contributed by atoms with Crippen LogP contribution in [0.25, 0.3) is 11.4 Å². The number of halogens is 5. The summed E-state index contributed by atoms with van der Waals surface area (Å²) in [6.07, 6.45) is -4.53. The van der Waals surface area contributed by atoms with Gasteiger partial charge < -0.3 is 9.30 Å². The Morgan fingerprint density at radius 2 is 1.74 bits per heavy atom. The number of Topliss-reactive ketones (excluding diaryl/α,β-unsaturated/α-hetero) is 1. The molecule has 0 aliphatic carbocycles. The van der Waals surface area contributed by atoms with Crippen molar-refractivity contribution in [1.29, 1.82) is 0 Å². The average Bonchev–Trinajstić information content (AvgIpc) is 3.04. The van der Waals surface area contributed by atoms with Gasteiger partial charge in [-0.25, -0.2) is 0 Å². The number of ketones is 1. The van der Waals surface area contributed by atoms with E-state index in [1.165, 1.54) is 35.8 Å². The van der Waals surface area contributed by atoms with Crippen LogP contribution in [-0.4, -0.2) is 20.5 Å². The fourth-order valence-corrected chi connectivity index (χ4v) is 3.37. The minimum absolute atomic E-state index is 0.